The fourth-order valence-electron chi connectivity index (χ4n) is 0.477. The molecule has 0 radical (unpaired) electrons. The number of halogens is 3. The quantitative estimate of drug-likeness (QED) is 0.309. The molecule has 0 bridgehead atoms. The van der Waals surface area contributed by atoms with Crippen molar-refractivity contribution in [2.45, 2.75) is 23.2 Å². The van der Waals surface area contributed by atoms with Crippen molar-refractivity contribution in [3.05, 3.63) is 7.16 Å². The smallest absolute Gasteiger partial charge is 0.311 e. The van der Waals surface area contributed by atoms with Crippen LogP contribution in [0.5, 0.6) is 0 Å². The number of alkyl halides is 1. The lowest BCUT2D eigenvalue weighted by Gasteiger charge is -2.17. The average Bonchev–Trinajstić information content (AvgIpc) is 1.98. The third-order valence-corrected chi connectivity index (χ3v) is 7.46. The summed E-state index contributed by atoms with van der Waals surface area (Å²) in [4.78, 5) is 0. The molecule has 0 rings (SSSR count). The Morgan fingerprint density at radius 3 is 2.00 bits per heavy atom. The SMILES string of the molecule is CCC(I)/C(I)=C(\I)C(O)(O)O. The molecule has 0 heterocycles. The second kappa shape index (κ2) is 5.63. The van der Waals surface area contributed by atoms with Crippen molar-refractivity contribution in [2.75, 3.05) is 0 Å². The molecule has 6 heteroatoms. The monoisotopic (exact) mass is 510 g/mol. The summed E-state index contributed by atoms with van der Waals surface area (Å²) in [5.74, 6) is -2.68. The van der Waals surface area contributed by atoms with Gasteiger partial charge in [-0.2, -0.15) is 0 Å². The molecule has 3 nitrogen and oxygen atoms in total. The second-order valence-electron chi connectivity index (χ2n) is 2.17. The molecule has 1 unspecified atom stereocenters. The molecule has 3 N–H and O–H groups in total. The summed E-state index contributed by atoms with van der Waals surface area (Å²) in [7, 11) is 0. The van der Waals surface area contributed by atoms with Gasteiger partial charge in [0.25, 0.3) is 0 Å². The molecule has 0 aliphatic carbocycles. The van der Waals surface area contributed by atoms with E-state index in [0.29, 0.717) is 0 Å². The third-order valence-electron chi connectivity index (χ3n) is 1.14. The lowest BCUT2D eigenvalue weighted by molar-refractivity contribution is -0.275. The van der Waals surface area contributed by atoms with Gasteiger partial charge in [-0.1, -0.05) is 29.5 Å². The molecule has 0 aromatic heterocycles. The fraction of sp³-hybridized carbons (Fsp3) is 0.667. The predicted molar refractivity (Wildman–Crippen MR) is 72.6 cm³/mol. The molecule has 0 aromatic carbocycles. The number of hydrogen-bond donors (Lipinski definition) is 3. The highest BCUT2D eigenvalue weighted by atomic mass is 127. The maximum absolute atomic E-state index is 8.84. The first-order valence-corrected chi connectivity index (χ1v) is 6.57. The van der Waals surface area contributed by atoms with E-state index < -0.39 is 5.97 Å². The van der Waals surface area contributed by atoms with Crippen LogP contribution in [0.15, 0.2) is 7.16 Å². The fourth-order valence-corrected chi connectivity index (χ4v) is 2.56. The van der Waals surface area contributed by atoms with Gasteiger partial charge in [-0.05, 0) is 51.6 Å². The molecule has 0 aliphatic heterocycles. The summed E-state index contributed by atoms with van der Waals surface area (Å²) >= 11 is 5.92. The first kappa shape index (κ1) is 13.8. The van der Waals surface area contributed by atoms with E-state index in [-0.39, 0.29) is 7.50 Å². The topological polar surface area (TPSA) is 60.7 Å². The molecule has 0 aromatic rings. The zero-order chi connectivity index (χ0) is 9.94. The minimum Gasteiger partial charge on any atom is -0.339 e. The largest absolute Gasteiger partial charge is 0.339 e. The molecule has 0 fully saturated rings. The Balaban J connectivity index is 4.69. The van der Waals surface area contributed by atoms with Crippen LogP contribution in [0.25, 0.3) is 0 Å². The Morgan fingerprint density at radius 1 is 1.33 bits per heavy atom. The summed E-state index contributed by atoms with van der Waals surface area (Å²) in [6, 6.07) is 0. The number of allylic oxidation sites excluding steroid dienone is 1. The first-order chi connectivity index (χ1) is 5.30. The summed E-state index contributed by atoms with van der Waals surface area (Å²) in [6.45, 7) is 1.99. The van der Waals surface area contributed by atoms with Crippen molar-refractivity contribution in [1.82, 2.24) is 0 Å². The van der Waals surface area contributed by atoms with Crippen molar-refractivity contribution in [3.8, 4) is 0 Å². The van der Waals surface area contributed by atoms with Gasteiger partial charge in [0.15, 0.2) is 0 Å². The molecule has 0 spiro atoms. The minimum atomic E-state index is -2.68. The van der Waals surface area contributed by atoms with Crippen LogP contribution in [-0.2, 0) is 0 Å². The first-order valence-electron chi connectivity index (χ1n) is 3.17. The van der Waals surface area contributed by atoms with E-state index in [1.165, 1.54) is 0 Å². The zero-order valence-electron chi connectivity index (χ0n) is 6.26. The van der Waals surface area contributed by atoms with Gasteiger partial charge < -0.3 is 15.3 Å². The van der Waals surface area contributed by atoms with E-state index in [1.807, 2.05) is 29.5 Å². The molecule has 0 saturated heterocycles. The van der Waals surface area contributed by atoms with Crippen molar-refractivity contribution in [1.29, 1.82) is 0 Å². The van der Waals surface area contributed by atoms with Gasteiger partial charge in [0.05, 0.1) is 3.58 Å². The number of aliphatic hydroxyl groups is 3. The van der Waals surface area contributed by atoms with Crippen molar-refractivity contribution in [3.63, 3.8) is 0 Å². The van der Waals surface area contributed by atoms with Crippen LogP contribution in [0, 0.1) is 0 Å². The lowest BCUT2D eigenvalue weighted by Crippen LogP contribution is -2.28. The standard InChI is InChI=1S/C6H9I3O3/c1-2-3(7)4(8)5(9)6(10,11)12/h3,10-12H,2H2,1H3/b5-4+. The van der Waals surface area contributed by atoms with Gasteiger partial charge in [-0.25, -0.2) is 0 Å². The molecule has 72 valence electrons. The lowest BCUT2D eigenvalue weighted by atomic mass is 10.3. The Bertz CT molecular complexity index is 185. The van der Waals surface area contributed by atoms with E-state index in [1.54, 1.807) is 22.6 Å². The van der Waals surface area contributed by atoms with Gasteiger partial charge >= 0.3 is 5.97 Å². The number of rotatable bonds is 3. The van der Waals surface area contributed by atoms with Gasteiger partial charge in [-0.15, -0.1) is 0 Å². The summed E-state index contributed by atoms with van der Waals surface area (Å²) in [5, 5.41) is 26.5. The van der Waals surface area contributed by atoms with E-state index in [0.717, 1.165) is 10.0 Å². The Kier molecular flexibility index (Phi) is 6.48. The second-order valence-corrected chi connectivity index (χ2v) is 5.92. The predicted octanol–water partition coefficient (Wildman–Crippen LogP) is 1.91. The van der Waals surface area contributed by atoms with Gasteiger partial charge in [0.1, 0.15) is 0 Å². The highest BCUT2D eigenvalue weighted by Gasteiger charge is 2.27. The molecule has 12 heavy (non-hydrogen) atoms. The van der Waals surface area contributed by atoms with Crippen molar-refractivity contribution in [2.24, 2.45) is 0 Å². The van der Waals surface area contributed by atoms with Gasteiger partial charge in [-0.3, -0.25) is 0 Å². The van der Waals surface area contributed by atoms with Crippen molar-refractivity contribution >= 4 is 67.8 Å². The van der Waals surface area contributed by atoms with E-state index in [9.17, 15) is 0 Å². The van der Waals surface area contributed by atoms with Crippen LogP contribution in [-0.4, -0.2) is 25.2 Å². The van der Waals surface area contributed by atoms with Crippen LogP contribution in [0.2, 0.25) is 0 Å². The molecule has 0 amide bonds. The Hall–Kier alpha value is 1.81. The Morgan fingerprint density at radius 2 is 1.75 bits per heavy atom. The maximum Gasteiger partial charge on any atom is 0.311 e. The summed E-state index contributed by atoms with van der Waals surface area (Å²) in [6.07, 6.45) is 0.890. The van der Waals surface area contributed by atoms with E-state index >= 15 is 0 Å². The zero-order valence-corrected chi connectivity index (χ0v) is 12.7. The summed E-state index contributed by atoms with van der Waals surface area (Å²) < 4.78 is 1.15. The summed E-state index contributed by atoms with van der Waals surface area (Å²) in [5.41, 5.74) is 0. The van der Waals surface area contributed by atoms with Crippen LogP contribution < -0.4 is 0 Å². The van der Waals surface area contributed by atoms with Crippen LogP contribution in [0.3, 0.4) is 0 Å². The molecule has 1 atom stereocenters. The molecular formula is C6H9I3O3. The minimum absolute atomic E-state index is 0.168. The van der Waals surface area contributed by atoms with Gasteiger partial charge in [0.2, 0.25) is 0 Å². The van der Waals surface area contributed by atoms with Crippen LogP contribution >= 0.6 is 67.8 Å². The third kappa shape index (κ3) is 4.35. The molecule has 0 aliphatic rings. The van der Waals surface area contributed by atoms with Crippen molar-refractivity contribution < 1.29 is 15.3 Å². The number of hydrogen-bond acceptors (Lipinski definition) is 3. The molecular weight excluding hydrogens is 501 g/mol. The van der Waals surface area contributed by atoms with E-state index in [4.69, 9.17) is 15.3 Å². The Labute approximate surface area is 112 Å². The highest BCUT2D eigenvalue weighted by molar-refractivity contribution is 14.1. The van der Waals surface area contributed by atoms with E-state index in [2.05, 4.69) is 22.6 Å². The normalized spacial score (nSPS) is 17.2. The average molecular weight is 510 g/mol. The highest BCUT2D eigenvalue weighted by Crippen LogP contribution is 2.33. The maximum atomic E-state index is 8.84. The van der Waals surface area contributed by atoms with Crippen LogP contribution in [0.1, 0.15) is 13.3 Å². The van der Waals surface area contributed by atoms with Crippen LogP contribution in [0.4, 0.5) is 0 Å². The molecule has 0 saturated carbocycles. The van der Waals surface area contributed by atoms with Gasteiger partial charge in [0, 0.05) is 7.50 Å².